The van der Waals surface area contributed by atoms with Crippen molar-refractivity contribution in [3.8, 4) is 0 Å². The Morgan fingerprint density at radius 2 is 0.976 bits per heavy atom. The first-order chi connectivity index (χ1) is 18.3. The molecule has 0 aliphatic heterocycles. The van der Waals surface area contributed by atoms with Gasteiger partial charge >= 0.3 is 24.0 Å². The minimum Gasteiger partial charge on any atom is -0.237 e. The molecule has 25 heteroatoms. The zero-order chi connectivity index (χ0) is 33.6. The van der Waals surface area contributed by atoms with Gasteiger partial charge in [-0.25, -0.2) is 47.6 Å². The third-order valence-electron chi connectivity index (χ3n) is 5.37. The highest BCUT2D eigenvalue weighted by molar-refractivity contribution is 8.14. The van der Waals surface area contributed by atoms with Gasteiger partial charge < -0.3 is 0 Å². The molecule has 0 heterocycles. The van der Waals surface area contributed by atoms with Crippen LogP contribution in [0.3, 0.4) is 0 Å². The van der Waals surface area contributed by atoms with Crippen LogP contribution in [0, 0.1) is 28.7 Å². The second-order valence-electron chi connectivity index (χ2n) is 7.84. The van der Waals surface area contributed by atoms with E-state index in [0.717, 1.165) is 0 Å². The lowest BCUT2D eigenvalue weighted by atomic mass is 9.88. The maximum atomic E-state index is 15.1. The second-order valence-corrected chi connectivity index (χ2v) is 11.9. The highest BCUT2D eigenvalue weighted by Crippen LogP contribution is 2.61. The summed E-state index contributed by atoms with van der Waals surface area (Å²) in [6, 6.07) is 0. The van der Waals surface area contributed by atoms with Crippen LogP contribution in [-0.4, -0.2) is 46.6 Å². The van der Waals surface area contributed by atoms with Gasteiger partial charge in [-0.1, -0.05) is 0 Å². The fraction of sp³-hybridized carbons (Fsp3) is 0.412. The molecule has 1 aliphatic carbocycles. The molecule has 0 radical (unpaired) electrons. The van der Waals surface area contributed by atoms with Crippen molar-refractivity contribution in [1.29, 1.82) is 0 Å². The number of alkyl halides is 13. The molecular weight excluding hydrogens is 693 g/mol. The molecule has 0 N–H and O–H groups in total. The van der Waals surface area contributed by atoms with E-state index in [1.54, 1.807) is 0 Å². The topological polar surface area (TPSA) is 68.3 Å². The van der Waals surface area contributed by atoms with Gasteiger partial charge in [0.25, 0.3) is 15.3 Å². The molecule has 1 atom stereocenters. The molecule has 0 aromatic heterocycles. The maximum absolute atomic E-state index is 15.1. The molecule has 0 spiro atoms. The SMILES string of the molecule is O=S(=O)(CC(C(F)(F)F)(C(F)(F)F)C(F)(F)F)/C(=C1\C(F)=C(F)c2c(F)c(F)c(F)c(F)c2C1F)S(=O)(=O)C(F)(F)F. The quantitative estimate of drug-likeness (QED) is 0.191. The predicted molar refractivity (Wildman–Crippen MR) is 95.6 cm³/mol. The van der Waals surface area contributed by atoms with Crippen LogP contribution in [0.2, 0.25) is 0 Å². The van der Waals surface area contributed by atoms with Crippen molar-refractivity contribution < 1.29 is 100 Å². The van der Waals surface area contributed by atoms with E-state index in [1.165, 1.54) is 0 Å². The minimum atomic E-state index is -8.41. The molecule has 0 saturated carbocycles. The van der Waals surface area contributed by atoms with Gasteiger partial charge in [-0.15, -0.1) is 0 Å². The number of benzene rings is 1. The number of halogens is 19. The van der Waals surface area contributed by atoms with Crippen molar-refractivity contribution in [3.05, 3.63) is 50.0 Å². The zero-order valence-electron chi connectivity index (χ0n) is 18.4. The van der Waals surface area contributed by atoms with Crippen molar-refractivity contribution in [2.45, 2.75) is 30.2 Å². The van der Waals surface area contributed by atoms with Crippen molar-refractivity contribution in [3.63, 3.8) is 0 Å². The van der Waals surface area contributed by atoms with Gasteiger partial charge in [0.1, 0.15) is 0 Å². The Labute approximate surface area is 217 Å². The lowest BCUT2D eigenvalue weighted by Crippen LogP contribution is -2.63. The third-order valence-corrected chi connectivity index (χ3v) is 9.70. The Morgan fingerprint density at radius 3 is 1.33 bits per heavy atom. The van der Waals surface area contributed by atoms with E-state index < -0.39 is 117 Å². The molecule has 1 aliphatic rings. The van der Waals surface area contributed by atoms with Gasteiger partial charge in [-0.05, 0) is 0 Å². The second kappa shape index (κ2) is 9.90. The van der Waals surface area contributed by atoms with Gasteiger partial charge in [-0.2, -0.15) is 52.7 Å². The van der Waals surface area contributed by atoms with E-state index in [1.807, 2.05) is 0 Å². The van der Waals surface area contributed by atoms with Gasteiger partial charge in [0.2, 0.25) is 0 Å². The molecule has 42 heavy (non-hydrogen) atoms. The van der Waals surface area contributed by atoms with E-state index in [2.05, 4.69) is 0 Å². The van der Waals surface area contributed by atoms with Crippen molar-refractivity contribution in [1.82, 2.24) is 0 Å². The van der Waals surface area contributed by atoms with E-state index >= 15 is 4.39 Å². The largest absolute Gasteiger partial charge is 0.502 e. The number of rotatable bonds is 4. The van der Waals surface area contributed by atoms with E-state index in [4.69, 9.17) is 0 Å². The molecule has 1 aromatic carbocycles. The van der Waals surface area contributed by atoms with Crippen LogP contribution in [-0.2, 0) is 19.7 Å². The summed E-state index contributed by atoms with van der Waals surface area (Å²) in [7, 11) is -16.7. The molecule has 240 valence electrons. The number of allylic oxidation sites excluding steroid dienone is 2. The maximum Gasteiger partial charge on any atom is 0.502 e. The van der Waals surface area contributed by atoms with E-state index in [0.29, 0.717) is 0 Å². The molecule has 0 amide bonds. The van der Waals surface area contributed by atoms with Crippen molar-refractivity contribution in [2.24, 2.45) is 5.41 Å². The molecule has 4 nitrogen and oxygen atoms in total. The van der Waals surface area contributed by atoms with Crippen molar-refractivity contribution >= 4 is 25.5 Å². The first kappa shape index (κ1) is 35.5. The lowest BCUT2D eigenvalue weighted by molar-refractivity contribution is -0.418. The van der Waals surface area contributed by atoms with Gasteiger partial charge in [0, 0.05) is 5.56 Å². The fourth-order valence-corrected chi connectivity index (χ4v) is 7.65. The summed E-state index contributed by atoms with van der Waals surface area (Å²) in [5.41, 5.74) is -24.6. The van der Waals surface area contributed by atoms with Crippen LogP contribution >= 0.6 is 0 Å². The van der Waals surface area contributed by atoms with Crippen LogP contribution < -0.4 is 0 Å². The first-order valence-electron chi connectivity index (χ1n) is 9.37. The van der Waals surface area contributed by atoms with Crippen LogP contribution in [0.4, 0.5) is 83.4 Å². The molecular formula is C17H3F19O4S2. The summed E-state index contributed by atoms with van der Waals surface area (Å²) in [4.78, 5) is 0. The molecule has 0 bridgehead atoms. The van der Waals surface area contributed by atoms with Crippen LogP contribution in [0.15, 0.2) is 15.6 Å². The summed E-state index contributed by atoms with van der Waals surface area (Å²) in [5.74, 6) is -25.0. The van der Waals surface area contributed by atoms with Crippen LogP contribution in [0.25, 0.3) is 5.83 Å². The van der Waals surface area contributed by atoms with Crippen molar-refractivity contribution in [2.75, 3.05) is 5.75 Å². The summed E-state index contributed by atoms with van der Waals surface area (Å²) in [5, 5.41) is 0. The van der Waals surface area contributed by atoms with Gasteiger partial charge in [-0.3, -0.25) is 0 Å². The smallest absolute Gasteiger partial charge is 0.237 e. The molecule has 2 rings (SSSR count). The highest BCUT2D eigenvalue weighted by Gasteiger charge is 2.85. The monoisotopic (exact) mass is 696 g/mol. The Morgan fingerprint density at radius 1 is 0.595 bits per heavy atom. The normalized spacial score (nSPS) is 19.3. The Kier molecular flexibility index (Phi) is 8.36. The molecule has 0 fully saturated rings. The minimum absolute atomic E-state index is 2.77. The summed E-state index contributed by atoms with van der Waals surface area (Å²) < 4.78 is 303. The molecule has 0 saturated heterocycles. The standard InChI is InChI=1S/C17H3F19O4S2/c18-5-2-3(8(21)11(24)10(23)7(2)20)6(19)9(22)4(5)12(42(39,40)17(34,35)36)41(37,38)1-13(14(25,26)27,15(28,29)30)16(31,32)33/h5H,1H2/b12-4+. The number of fused-ring (bicyclic) bond motifs is 1. The fourth-order valence-electron chi connectivity index (χ4n) is 3.44. The van der Waals surface area contributed by atoms with Gasteiger partial charge in [0.15, 0.2) is 55.2 Å². The highest BCUT2D eigenvalue weighted by atomic mass is 32.3. The Hall–Kier alpha value is -2.73. The zero-order valence-corrected chi connectivity index (χ0v) is 20.0. The number of hydrogen-bond donors (Lipinski definition) is 0. The Bertz CT molecular complexity index is 1550. The average Bonchev–Trinajstić information content (AvgIpc) is 2.76. The lowest BCUT2D eigenvalue weighted by Gasteiger charge is -2.38. The summed E-state index contributed by atoms with van der Waals surface area (Å²) in [6.07, 6.45) is -28.7. The van der Waals surface area contributed by atoms with E-state index in [-0.39, 0.29) is 0 Å². The number of hydrogen-bond acceptors (Lipinski definition) is 4. The summed E-state index contributed by atoms with van der Waals surface area (Å²) >= 11 is 0. The van der Waals surface area contributed by atoms with E-state index in [9.17, 15) is 95.9 Å². The molecule has 1 aromatic rings. The Balaban J connectivity index is 3.31. The predicted octanol–water partition coefficient (Wildman–Crippen LogP) is 7.11. The van der Waals surface area contributed by atoms with Crippen LogP contribution in [0.5, 0.6) is 0 Å². The summed E-state index contributed by atoms with van der Waals surface area (Å²) in [6.45, 7) is 0. The number of sulfone groups is 2. The third kappa shape index (κ3) is 4.98. The molecule has 1 unspecified atom stereocenters. The average molecular weight is 696 g/mol. The first-order valence-corrected chi connectivity index (χ1v) is 12.5. The van der Waals surface area contributed by atoms with Crippen LogP contribution in [0.1, 0.15) is 17.3 Å². The van der Waals surface area contributed by atoms with Gasteiger partial charge in [0.05, 0.1) is 16.9 Å².